The molecule has 4 aromatic carbocycles. The number of hydrogen-bond acceptors (Lipinski definition) is 0. The van der Waals surface area contributed by atoms with Crippen LogP contribution in [0.5, 0.6) is 0 Å². The monoisotopic (exact) mass is 728 g/mol. The van der Waals surface area contributed by atoms with E-state index < -0.39 is 0 Å². The third kappa shape index (κ3) is 14.5. The van der Waals surface area contributed by atoms with Crippen LogP contribution in [0.3, 0.4) is 0 Å². The van der Waals surface area contributed by atoms with Crippen LogP contribution >= 0.6 is 24.8 Å². The number of rotatable bonds is 1. The summed E-state index contributed by atoms with van der Waals surface area (Å²) in [5.41, 5.74) is 11.2. The van der Waals surface area contributed by atoms with Crippen LogP contribution in [0.4, 0.5) is 0 Å². The van der Waals surface area contributed by atoms with E-state index in [-0.39, 0.29) is 35.6 Å². The van der Waals surface area contributed by atoms with E-state index in [1.54, 1.807) is 0 Å². The summed E-state index contributed by atoms with van der Waals surface area (Å²) >= 11 is 1.30. The summed E-state index contributed by atoms with van der Waals surface area (Å²) < 4.78 is 3.34. The Bertz CT molecular complexity index is 1400. The maximum absolute atomic E-state index is 3.72. The van der Waals surface area contributed by atoms with E-state index in [0.717, 1.165) is 18.4 Å². The number of hydrogen-bond donors (Lipinski definition) is 0. The van der Waals surface area contributed by atoms with Crippen molar-refractivity contribution in [2.75, 3.05) is 0 Å². The average molecular weight is 731 g/mol. The molecule has 0 amide bonds. The van der Waals surface area contributed by atoms with Crippen LogP contribution in [0.25, 0.3) is 11.1 Å². The van der Waals surface area contributed by atoms with Crippen molar-refractivity contribution in [3.8, 4) is 11.1 Å². The summed E-state index contributed by atoms with van der Waals surface area (Å²) in [6.45, 7) is 21.6. The Morgan fingerprint density at radius 2 is 1.28 bits per heavy atom. The molecule has 3 heteroatoms. The van der Waals surface area contributed by atoms with Crippen molar-refractivity contribution in [2.24, 2.45) is 0 Å². The molecule has 0 aromatic heterocycles. The number of benzene rings is 4. The second kappa shape index (κ2) is 21.3. The van der Waals surface area contributed by atoms with Crippen molar-refractivity contribution in [3.63, 3.8) is 0 Å². The molecule has 0 aliphatic heterocycles. The van der Waals surface area contributed by atoms with Gasteiger partial charge >= 0.3 is 28.4 Å². The van der Waals surface area contributed by atoms with Gasteiger partial charge in [-0.2, -0.15) is 83.6 Å². The quantitative estimate of drug-likeness (QED) is 0.151. The van der Waals surface area contributed by atoms with Gasteiger partial charge in [-0.25, -0.2) is 12.2 Å². The van der Waals surface area contributed by atoms with Crippen molar-refractivity contribution in [3.05, 3.63) is 168 Å². The molecule has 246 valence electrons. The molecule has 0 radical (unpaired) electrons. The summed E-state index contributed by atoms with van der Waals surface area (Å²) in [5, 5.41) is 0. The van der Waals surface area contributed by atoms with E-state index in [1.165, 1.54) is 69.1 Å². The van der Waals surface area contributed by atoms with E-state index in [0.29, 0.717) is 0 Å². The zero-order valence-corrected chi connectivity index (χ0v) is 33.1. The maximum atomic E-state index is 3.72. The molecule has 6 rings (SSSR count). The first-order valence-corrected chi connectivity index (χ1v) is 17.1. The van der Waals surface area contributed by atoms with Crippen molar-refractivity contribution >= 4 is 29.0 Å². The van der Waals surface area contributed by atoms with Crippen LogP contribution in [0.15, 0.2) is 109 Å². The molecule has 0 heterocycles. The molecule has 0 fully saturated rings. The Morgan fingerprint density at radius 3 is 1.67 bits per heavy atom. The molecule has 46 heavy (non-hydrogen) atoms. The number of fused-ring (bicyclic) bond motifs is 3. The SMILES string of the molecule is CC(C)(C)c1c[c-]c2c(c1)-c1cc(C(C)(C)C)ccc1C2.C[C-](C)c1ccccc1.Cl.Cl.[C-]1=CC=CC1.[CH2-]c1ccccc1.[CH2]=[Zr]. The molecule has 2 aliphatic carbocycles. The van der Waals surface area contributed by atoms with Crippen molar-refractivity contribution in [1.29, 1.82) is 0 Å². The van der Waals surface area contributed by atoms with E-state index in [2.05, 4.69) is 139 Å². The van der Waals surface area contributed by atoms with Gasteiger partial charge < -0.3 is 0 Å². The van der Waals surface area contributed by atoms with Gasteiger partial charge in [-0.1, -0.05) is 102 Å². The Morgan fingerprint density at radius 1 is 0.739 bits per heavy atom. The van der Waals surface area contributed by atoms with Gasteiger partial charge in [0, 0.05) is 0 Å². The van der Waals surface area contributed by atoms with Gasteiger partial charge in [0.05, 0.1) is 0 Å². The molecule has 4 aromatic rings. The van der Waals surface area contributed by atoms with Gasteiger partial charge in [-0.05, 0) is 17.4 Å². The van der Waals surface area contributed by atoms with Crippen LogP contribution in [0.1, 0.15) is 95.2 Å². The minimum absolute atomic E-state index is 0. The molecule has 0 atom stereocenters. The van der Waals surface area contributed by atoms with Crippen molar-refractivity contribution < 1.29 is 24.2 Å². The van der Waals surface area contributed by atoms with Gasteiger partial charge in [0.2, 0.25) is 0 Å². The fourth-order valence-corrected chi connectivity index (χ4v) is 4.57. The van der Waals surface area contributed by atoms with Gasteiger partial charge in [0.25, 0.3) is 0 Å². The standard InChI is InChI=1S/C21H25.C9H11.C7H7.C5H5.CH2.2ClH.Zr/c1-20(2,3)16-9-7-14-11-15-8-10-17(21(4,5)6)13-19(15)18(14)12-16;1-8(2)9-6-4-3-5-7-9;1-7-5-3-2-4-6-7;1-2-4-5-3-1;;;;/h7,9-10,12-13H,11H2,1-6H3;3-7H,1-2H3;2-6H,1H2;1-3H,4H2;1H2;2*1H;/q4*-1;;;;. The van der Waals surface area contributed by atoms with E-state index >= 15 is 0 Å². The normalized spacial score (nSPS) is 11.5. The third-order valence-corrected chi connectivity index (χ3v) is 7.31. The second-order valence-electron chi connectivity index (χ2n) is 13.2. The molecule has 0 nitrogen and oxygen atoms in total. The van der Waals surface area contributed by atoms with Crippen LogP contribution in [0.2, 0.25) is 0 Å². The molecule has 0 unspecified atom stereocenters. The number of allylic oxidation sites excluding steroid dienone is 4. The van der Waals surface area contributed by atoms with Gasteiger partial charge in [0.15, 0.2) is 0 Å². The summed E-state index contributed by atoms with van der Waals surface area (Å²) in [6, 6.07) is 35.3. The first-order valence-electron chi connectivity index (χ1n) is 15.3. The van der Waals surface area contributed by atoms with Crippen LogP contribution in [-0.4, -0.2) is 4.21 Å². The van der Waals surface area contributed by atoms with E-state index in [4.69, 9.17) is 0 Å². The summed E-state index contributed by atoms with van der Waals surface area (Å²) in [5.74, 6) is 1.37. The zero-order valence-electron chi connectivity index (χ0n) is 29.0. The predicted molar refractivity (Wildman–Crippen MR) is 205 cm³/mol. The molecule has 0 spiro atoms. The Hall–Kier alpha value is -2.57. The number of halogens is 2. The fraction of sp³-hybridized carbons (Fsp3) is 0.279. The summed E-state index contributed by atoms with van der Waals surface area (Å²) in [7, 11) is 0. The summed E-state index contributed by atoms with van der Waals surface area (Å²) in [4.78, 5) is 0. The van der Waals surface area contributed by atoms with Gasteiger partial charge in [0.1, 0.15) is 0 Å². The first-order chi connectivity index (χ1) is 20.9. The van der Waals surface area contributed by atoms with E-state index in [1.807, 2.05) is 48.6 Å². The molecular weight excluding hydrogens is 679 g/mol. The zero-order chi connectivity index (χ0) is 32.8. The van der Waals surface area contributed by atoms with Crippen molar-refractivity contribution in [2.45, 2.75) is 79.1 Å². The second-order valence-corrected chi connectivity index (χ2v) is 13.2. The topological polar surface area (TPSA) is 0 Å². The van der Waals surface area contributed by atoms with Crippen LogP contribution < -0.4 is 0 Å². The minimum atomic E-state index is 0. The summed E-state index contributed by atoms with van der Waals surface area (Å²) in [6.07, 6.45) is 11.0. The van der Waals surface area contributed by atoms with E-state index in [9.17, 15) is 0 Å². The van der Waals surface area contributed by atoms with Crippen molar-refractivity contribution in [1.82, 2.24) is 0 Å². The third-order valence-electron chi connectivity index (χ3n) is 7.31. The molecule has 0 saturated heterocycles. The Balaban J connectivity index is 0.000000669. The predicted octanol–water partition coefficient (Wildman–Crippen LogP) is 12.3. The Labute approximate surface area is 309 Å². The Kier molecular flexibility index (Phi) is 20.1. The van der Waals surface area contributed by atoms with Gasteiger partial charge in [-0.3, -0.25) is 6.08 Å². The molecule has 0 bridgehead atoms. The van der Waals surface area contributed by atoms with Crippen LogP contribution in [-0.2, 0) is 41.5 Å². The average Bonchev–Trinajstić information content (AvgIpc) is 3.70. The molecule has 0 saturated carbocycles. The molecule has 2 aliphatic rings. The van der Waals surface area contributed by atoms with Crippen LogP contribution in [0, 0.1) is 25.0 Å². The van der Waals surface area contributed by atoms with Gasteiger partial charge in [-0.15, -0.1) is 61.1 Å². The fourth-order valence-electron chi connectivity index (χ4n) is 4.57. The molecule has 0 N–H and O–H groups in total. The first kappa shape index (κ1) is 43.4. The molecular formula is C43H52Cl2Zr-4.